The number of rotatable bonds is 7. The largest absolute Gasteiger partial charge is 0.460 e. The van der Waals surface area contributed by atoms with Crippen LogP contribution in [-0.2, 0) is 27.5 Å². The van der Waals surface area contributed by atoms with Gasteiger partial charge in [-0.15, -0.1) is 12.4 Å². The molecule has 8 heteroatoms. The van der Waals surface area contributed by atoms with E-state index >= 15 is 0 Å². The lowest BCUT2D eigenvalue weighted by molar-refractivity contribution is -0.150. The molecule has 25 heavy (non-hydrogen) atoms. The zero-order valence-electron chi connectivity index (χ0n) is 13.5. The van der Waals surface area contributed by atoms with E-state index in [-0.39, 0.29) is 29.3 Å². The van der Waals surface area contributed by atoms with Crippen molar-refractivity contribution in [2.24, 2.45) is 5.73 Å². The van der Waals surface area contributed by atoms with Crippen LogP contribution in [0.15, 0.2) is 42.5 Å². The number of pyridine rings is 1. The summed E-state index contributed by atoms with van der Waals surface area (Å²) in [6, 6.07) is 11.9. The number of carbonyl (C=O) groups is 1. The van der Waals surface area contributed by atoms with Gasteiger partial charge in [-0.2, -0.15) is 0 Å². The minimum Gasteiger partial charge on any atom is -0.460 e. The number of aromatic nitrogens is 1. The molecular formula is C17H19Cl3N2O3. The van der Waals surface area contributed by atoms with Crippen LogP contribution in [-0.4, -0.2) is 23.1 Å². The fourth-order valence-electron chi connectivity index (χ4n) is 1.95. The van der Waals surface area contributed by atoms with E-state index in [9.17, 15) is 4.79 Å². The molecule has 0 spiro atoms. The fraction of sp³-hybridized carbons (Fsp3) is 0.294. The summed E-state index contributed by atoms with van der Waals surface area (Å²) < 4.78 is 10.8. The normalized spacial score (nSPS) is 12.8. The van der Waals surface area contributed by atoms with Crippen LogP contribution >= 0.6 is 35.6 Å². The Morgan fingerprint density at radius 1 is 1.12 bits per heavy atom. The Morgan fingerprint density at radius 2 is 1.72 bits per heavy atom. The van der Waals surface area contributed by atoms with Gasteiger partial charge >= 0.3 is 5.97 Å². The number of nitrogens with zero attached hydrogens (tertiary/aromatic N) is 1. The third-order valence-corrected chi connectivity index (χ3v) is 3.72. The van der Waals surface area contributed by atoms with Crippen LogP contribution in [0.25, 0.3) is 0 Å². The molecule has 0 amide bonds. The Bertz CT molecular complexity index is 666. The molecule has 2 rings (SSSR count). The second kappa shape index (κ2) is 10.6. The van der Waals surface area contributed by atoms with Gasteiger partial charge in [0, 0.05) is 0 Å². The summed E-state index contributed by atoms with van der Waals surface area (Å²) in [5.74, 6) is -0.556. The quantitative estimate of drug-likeness (QED) is 0.560. The number of hydrogen-bond acceptors (Lipinski definition) is 5. The molecule has 0 aliphatic carbocycles. The fourth-order valence-corrected chi connectivity index (χ4v) is 2.45. The van der Waals surface area contributed by atoms with E-state index in [4.69, 9.17) is 38.4 Å². The van der Waals surface area contributed by atoms with Gasteiger partial charge in [0.05, 0.1) is 12.7 Å². The molecule has 5 nitrogen and oxygen atoms in total. The Hall–Kier alpha value is -1.37. The van der Waals surface area contributed by atoms with E-state index in [2.05, 4.69) is 4.98 Å². The zero-order valence-corrected chi connectivity index (χ0v) is 15.9. The molecule has 2 aromatic rings. The molecule has 2 atom stereocenters. The average Bonchev–Trinajstić information content (AvgIpc) is 2.57. The highest BCUT2D eigenvalue weighted by molar-refractivity contribution is 6.32. The third-order valence-electron chi connectivity index (χ3n) is 3.34. The van der Waals surface area contributed by atoms with Gasteiger partial charge in [0.1, 0.15) is 23.0 Å². The maximum Gasteiger partial charge on any atom is 0.325 e. The number of halogens is 3. The smallest absolute Gasteiger partial charge is 0.325 e. The maximum atomic E-state index is 12.0. The first-order chi connectivity index (χ1) is 11.5. The number of carbonyl (C=O) groups excluding carboxylic acids is 1. The number of esters is 1. The van der Waals surface area contributed by atoms with Crippen molar-refractivity contribution in [1.82, 2.24) is 4.98 Å². The lowest BCUT2D eigenvalue weighted by Crippen LogP contribution is -2.42. The van der Waals surface area contributed by atoms with Gasteiger partial charge in [0.25, 0.3) is 0 Å². The van der Waals surface area contributed by atoms with E-state index in [0.29, 0.717) is 12.2 Å². The summed E-state index contributed by atoms with van der Waals surface area (Å²) >= 11 is 11.6. The van der Waals surface area contributed by atoms with E-state index < -0.39 is 18.1 Å². The molecule has 136 valence electrons. The Kier molecular flexibility index (Phi) is 9.17. The van der Waals surface area contributed by atoms with Crippen LogP contribution in [0.5, 0.6) is 0 Å². The topological polar surface area (TPSA) is 74.4 Å². The molecule has 0 saturated heterocycles. The monoisotopic (exact) mass is 404 g/mol. The zero-order chi connectivity index (χ0) is 17.5. The summed E-state index contributed by atoms with van der Waals surface area (Å²) in [6.45, 7) is 2.12. The molecule has 0 aliphatic heterocycles. The Labute approximate surface area is 162 Å². The third kappa shape index (κ3) is 7.18. The predicted octanol–water partition coefficient (Wildman–Crippen LogP) is 3.79. The summed E-state index contributed by atoms with van der Waals surface area (Å²) in [7, 11) is 0. The lowest BCUT2D eigenvalue weighted by Gasteiger charge is -2.19. The first kappa shape index (κ1) is 21.7. The molecule has 0 fully saturated rings. The standard InChI is InChI=1S/C17H18Cl2N2O3.ClH/c1-11(23-9-12-5-3-2-4-6-12)16(20)17(22)24-10-13-7-14(18)21-15(19)8-13;/h2-8,11,16H,9-10,20H2,1H3;1H/t11-,16+;/m1./s1. The van der Waals surface area contributed by atoms with E-state index in [0.717, 1.165) is 5.56 Å². The molecule has 0 saturated carbocycles. The van der Waals surface area contributed by atoms with E-state index in [1.165, 1.54) is 0 Å². The molecular weight excluding hydrogens is 387 g/mol. The van der Waals surface area contributed by atoms with Gasteiger partial charge in [0.15, 0.2) is 0 Å². The van der Waals surface area contributed by atoms with Crippen molar-refractivity contribution in [3.8, 4) is 0 Å². The van der Waals surface area contributed by atoms with Crippen LogP contribution < -0.4 is 5.73 Å². The molecule has 1 aromatic heterocycles. The summed E-state index contributed by atoms with van der Waals surface area (Å²) in [5.41, 5.74) is 7.53. The van der Waals surface area contributed by atoms with Crippen molar-refractivity contribution in [3.63, 3.8) is 0 Å². The van der Waals surface area contributed by atoms with Crippen LogP contribution in [0.1, 0.15) is 18.1 Å². The molecule has 0 bridgehead atoms. The molecule has 0 aliphatic rings. The van der Waals surface area contributed by atoms with Gasteiger partial charge in [-0.3, -0.25) is 4.79 Å². The van der Waals surface area contributed by atoms with Gasteiger partial charge in [-0.1, -0.05) is 53.5 Å². The minimum absolute atomic E-state index is 0. The van der Waals surface area contributed by atoms with Crippen LogP contribution in [0, 0.1) is 0 Å². The lowest BCUT2D eigenvalue weighted by atomic mass is 10.2. The molecule has 2 N–H and O–H groups in total. The number of benzene rings is 1. The van der Waals surface area contributed by atoms with E-state index in [1.807, 2.05) is 30.3 Å². The van der Waals surface area contributed by atoms with Crippen molar-refractivity contribution in [1.29, 1.82) is 0 Å². The van der Waals surface area contributed by atoms with Gasteiger partial charge in [-0.05, 0) is 30.2 Å². The van der Waals surface area contributed by atoms with Gasteiger partial charge < -0.3 is 15.2 Å². The molecule has 1 aromatic carbocycles. The first-order valence-corrected chi connectivity index (χ1v) is 8.11. The predicted molar refractivity (Wildman–Crippen MR) is 100.0 cm³/mol. The molecule has 0 unspecified atom stereocenters. The minimum atomic E-state index is -0.888. The van der Waals surface area contributed by atoms with Gasteiger partial charge in [0.2, 0.25) is 0 Å². The second-order valence-corrected chi connectivity index (χ2v) is 6.03. The summed E-state index contributed by atoms with van der Waals surface area (Å²) in [6.07, 6.45) is -0.484. The number of nitrogens with two attached hydrogens (primary N) is 1. The molecule has 1 heterocycles. The molecule has 0 radical (unpaired) electrons. The van der Waals surface area contributed by atoms with Crippen molar-refractivity contribution in [3.05, 3.63) is 63.9 Å². The maximum absolute atomic E-state index is 12.0. The summed E-state index contributed by atoms with van der Waals surface area (Å²) in [5, 5.41) is 0.467. The Morgan fingerprint density at radius 3 is 2.32 bits per heavy atom. The van der Waals surface area contributed by atoms with Crippen LogP contribution in [0.2, 0.25) is 10.3 Å². The second-order valence-electron chi connectivity index (χ2n) is 5.26. The van der Waals surface area contributed by atoms with Crippen molar-refractivity contribution in [2.75, 3.05) is 0 Å². The van der Waals surface area contributed by atoms with Gasteiger partial charge in [-0.25, -0.2) is 4.98 Å². The highest BCUT2D eigenvalue weighted by Gasteiger charge is 2.23. The Balaban J connectivity index is 0.00000312. The van der Waals surface area contributed by atoms with Crippen molar-refractivity contribution in [2.45, 2.75) is 32.3 Å². The average molecular weight is 406 g/mol. The number of hydrogen-bond donors (Lipinski definition) is 1. The van der Waals surface area contributed by atoms with E-state index in [1.54, 1.807) is 19.1 Å². The number of ether oxygens (including phenoxy) is 2. The van der Waals surface area contributed by atoms with Crippen LogP contribution in [0.3, 0.4) is 0 Å². The summed E-state index contributed by atoms with van der Waals surface area (Å²) in [4.78, 5) is 15.9. The first-order valence-electron chi connectivity index (χ1n) is 7.35. The van der Waals surface area contributed by atoms with Crippen molar-refractivity contribution < 1.29 is 14.3 Å². The SMILES string of the molecule is C[C@@H](OCc1ccccc1)[C@H](N)C(=O)OCc1cc(Cl)nc(Cl)c1.Cl. The van der Waals surface area contributed by atoms with Crippen LogP contribution in [0.4, 0.5) is 0 Å². The highest BCUT2D eigenvalue weighted by atomic mass is 35.5. The highest BCUT2D eigenvalue weighted by Crippen LogP contribution is 2.15. The van der Waals surface area contributed by atoms with Crippen molar-refractivity contribution >= 4 is 41.6 Å².